The molecule has 7 nitrogen and oxygen atoms in total. The van der Waals surface area contributed by atoms with Gasteiger partial charge in [0.25, 0.3) is 0 Å². The van der Waals surface area contributed by atoms with Gasteiger partial charge in [0, 0.05) is 11.3 Å². The number of benzene rings is 1. The molecule has 1 atom stereocenters. The Balaban J connectivity index is 1.77. The first-order valence-corrected chi connectivity index (χ1v) is 6.13. The fourth-order valence-electron chi connectivity index (χ4n) is 2.12. The normalized spacial score (nSPS) is 21.8. The molecule has 0 saturated carbocycles. The standard InChI is InChI=1S/C13H12N2O5/c16-7-10-6-15(13(18)19-10)9-3-1-8(2-4-9)11-5-12(17)20-14-11/h1-4,10,16H,5-7H2. The van der Waals surface area contributed by atoms with Gasteiger partial charge in [0.15, 0.2) is 0 Å². The van der Waals surface area contributed by atoms with Crippen molar-refractivity contribution in [3.8, 4) is 0 Å². The summed E-state index contributed by atoms with van der Waals surface area (Å²) in [7, 11) is 0. The van der Waals surface area contributed by atoms with Crippen LogP contribution >= 0.6 is 0 Å². The first kappa shape index (κ1) is 12.6. The van der Waals surface area contributed by atoms with Crippen molar-refractivity contribution < 1.29 is 24.3 Å². The molecule has 104 valence electrons. The number of anilines is 1. The third-order valence-corrected chi connectivity index (χ3v) is 3.16. The minimum atomic E-state index is -0.493. The lowest BCUT2D eigenvalue weighted by Gasteiger charge is -2.13. The van der Waals surface area contributed by atoms with Gasteiger partial charge in [-0.3, -0.25) is 4.90 Å². The van der Waals surface area contributed by atoms with Crippen LogP contribution in [0.5, 0.6) is 0 Å². The topological polar surface area (TPSA) is 88.4 Å². The number of carbonyl (C=O) groups is 2. The van der Waals surface area contributed by atoms with Crippen LogP contribution in [0.3, 0.4) is 0 Å². The summed E-state index contributed by atoms with van der Waals surface area (Å²) in [6, 6.07) is 6.99. The lowest BCUT2D eigenvalue weighted by molar-refractivity contribution is -0.140. The minimum Gasteiger partial charge on any atom is -0.441 e. The molecule has 1 unspecified atom stereocenters. The van der Waals surface area contributed by atoms with Gasteiger partial charge in [-0.15, -0.1) is 0 Å². The highest BCUT2D eigenvalue weighted by Gasteiger charge is 2.31. The maximum Gasteiger partial charge on any atom is 0.414 e. The Kier molecular flexibility index (Phi) is 3.11. The Bertz CT molecular complexity index is 581. The van der Waals surface area contributed by atoms with E-state index in [1.165, 1.54) is 4.90 Å². The van der Waals surface area contributed by atoms with Crippen LogP contribution in [0.15, 0.2) is 29.4 Å². The number of nitrogens with zero attached hydrogens (tertiary/aromatic N) is 2. The summed E-state index contributed by atoms with van der Waals surface area (Å²) >= 11 is 0. The third-order valence-electron chi connectivity index (χ3n) is 3.16. The number of ether oxygens (including phenoxy) is 1. The molecule has 2 aliphatic heterocycles. The average Bonchev–Trinajstić information content (AvgIpc) is 3.05. The van der Waals surface area contributed by atoms with Crippen molar-refractivity contribution in [3.05, 3.63) is 29.8 Å². The Morgan fingerprint density at radius 3 is 2.60 bits per heavy atom. The van der Waals surface area contributed by atoms with Gasteiger partial charge in [-0.05, 0) is 12.1 Å². The van der Waals surface area contributed by atoms with Crippen LogP contribution in [0.2, 0.25) is 0 Å². The number of aliphatic hydroxyl groups excluding tert-OH is 1. The van der Waals surface area contributed by atoms with Crippen molar-refractivity contribution in [1.82, 2.24) is 0 Å². The van der Waals surface area contributed by atoms with Gasteiger partial charge < -0.3 is 14.7 Å². The van der Waals surface area contributed by atoms with E-state index in [2.05, 4.69) is 9.99 Å². The number of oxime groups is 1. The molecule has 1 fully saturated rings. The van der Waals surface area contributed by atoms with Crippen molar-refractivity contribution in [2.45, 2.75) is 12.5 Å². The highest BCUT2D eigenvalue weighted by atomic mass is 16.7. The van der Waals surface area contributed by atoms with Crippen LogP contribution < -0.4 is 4.90 Å². The maximum absolute atomic E-state index is 11.6. The molecule has 1 aromatic rings. The van der Waals surface area contributed by atoms with E-state index in [0.29, 0.717) is 17.9 Å². The van der Waals surface area contributed by atoms with Crippen molar-refractivity contribution in [3.63, 3.8) is 0 Å². The Hall–Kier alpha value is -2.41. The second kappa shape index (κ2) is 4.93. The van der Waals surface area contributed by atoms with Gasteiger partial charge in [-0.2, -0.15) is 0 Å². The van der Waals surface area contributed by atoms with Gasteiger partial charge in [0.2, 0.25) is 0 Å². The smallest absolute Gasteiger partial charge is 0.414 e. The van der Waals surface area contributed by atoms with E-state index in [1.807, 2.05) is 0 Å². The van der Waals surface area contributed by atoms with E-state index >= 15 is 0 Å². The van der Waals surface area contributed by atoms with Crippen molar-refractivity contribution in [2.24, 2.45) is 5.16 Å². The summed E-state index contributed by atoms with van der Waals surface area (Å²) in [5.74, 6) is -0.377. The van der Waals surface area contributed by atoms with Crippen LogP contribution in [0, 0.1) is 0 Å². The second-order valence-corrected chi connectivity index (χ2v) is 4.52. The number of cyclic esters (lactones) is 1. The Morgan fingerprint density at radius 1 is 1.30 bits per heavy atom. The van der Waals surface area contributed by atoms with E-state index in [9.17, 15) is 9.59 Å². The molecule has 0 radical (unpaired) electrons. The Morgan fingerprint density at radius 2 is 2.05 bits per heavy atom. The molecule has 2 heterocycles. The molecule has 0 bridgehead atoms. The molecule has 1 amide bonds. The summed E-state index contributed by atoms with van der Waals surface area (Å²) in [5, 5.41) is 12.7. The van der Waals surface area contributed by atoms with Crippen molar-refractivity contribution in [1.29, 1.82) is 0 Å². The maximum atomic E-state index is 11.6. The Labute approximate surface area is 114 Å². The molecule has 7 heteroatoms. The molecule has 0 aliphatic carbocycles. The van der Waals surface area contributed by atoms with E-state index in [0.717, 1.165) is 5.56 Å². The average molecular weight is 276 g/mol. The number of rotatable bonds is 3. The summed E-state index contributed by atoms with van der Waals surface area (Å²) in [4.78, 5) is 28.6. The molecule has 2 aliphatic rings. The fraction of sp³-hybridized carbons (Fsp3) is 0.308. The molecule has 0 aromatic heterocycles. The summed E-state index contributed by atoms with van der Waals surface area (Å²) < 4.78 is 4.97. The van der Waals surface area contributed by atoms with E-state index in [1.54, 1.807) is 24.3 Å². The van der Waals surface area contributed by atoms with Crippen molar-refractivity contribution in [2.75, 3.05) is 18.1 Å². The molecule has 1 N–H and O–H groups in total. The van der Waals surface area contributed by atoms with Crippen LogP contribution in [-0.2, 0) is 14.4 Å². The van der Waals surface area contributed by atoms with Crippen LogP contribution in [0.4, 0.5) is 10.5 Å². The minimum absolute atomic E-state index is 0.150. The number of aliphatic hydroxyl groups is 1. The molecule has 0 spiro atoms. The highest BCUT2D eigenvalue weighted by Crippen LogP contribution is 2.23. The first-order valence-electron chi connectivity index (χ1n) is 6.13. The molecular formula is C13H12N2O5. The van der Waals surface area contributed by atoms with Gasteiger partial charge >= 0.3 is 12.1 Å². The number of carbonyl (C=O) groups excluding carboxylic acids is 2. The zero-order valence-corrected chi connectivity index (χ0v) is 10.5. The van der Waals surface area contributed by atoms with E-state index < -0.39 is 12.2 Å². The number of amides is 1. The van der Waals surface area contributed by atoms with Gasteiger partial charge in [0.1, 0.15) is 6.10 Å². The highest BCUT2D eigenvalue weighted by molar-refractivity contribution is 6.11. The number of hydrogen-bond acceptors (Lipinski definition) is 6. The zero-order chi connectivity index (χ0) is 14.1. The lowest BCUT2D eigenvalue weighted by atomic mass is 10.1. The quantitative estimate of drug-likeness (QED) is 0.819. The van der Waals surface area contributed by atoms with E-state index in [4.69, 9.17) is 9.84 Å². The molecule has 1 aromatic carbocycles. The predicted octanol–water partition coefficient (Wildman–Crippen LogP) is 0.655. The lowest BCUT2D eigenvalue weighted by Crippen LogP contribution is -2.25. The summed E-state index contributed by atoms with van der Waals surface area (Å²) in [6.45, 7) is 0.119. The number of hydrogen-bond donors (Lipinski definition) is 1. The van der Waals surface area contributed by atoms with Crippen LogP contribution in [-0.4, -0.2) is 42.1 Å². The summed E-state index contributed by atoms with van der Waals surface area (Å²) in [5.41, 5.74) is 2.00. The molecule has 3 rings (SSSR count). The fourth-order valence-corrected chi connectivity index (χ4v) is 2.12. The molecular weight excluding hydrogens is 264 g/mol. The first-order chi connectivity index (χ1) is 9.67. The van der Waals surface area contributed by atoms with Crippen LogP contribution in [0.1, 0.15) is 12.0 Å². The van der Waals surface area contributed by atoms with Gasteiger partial charge in [-0.25, -0.2) is 9.59 Å². The van der Waals surface area contributed by atoms with Crippen LogP contribution in [0.25, 0.3) is 0 Å². The molecule has 1 saturated heterocycles. The second-order valence-electron chi connectivity index (χ2n) is 4.52. The SMILES string of the molecule is O=C1CC(c2ccc(N3CC(CO)OC3=O)cc2)=NO1. The largest absolute Gasteiger partial charge is 0.441 e. The van der Waals surface area contributed by atoms with Crippen molar-refractivity contribution >= 4 is 23.5 Å². The molecule has 20 heavy (non-hydrogen) atoms. The summed E-state index contributed by atoms with van der Waals surface area (Å²) in [6.07, 6.45) is -0.821. The predicted molar refractivity (Wildman–Crippen MR) is 68.4 cm³/mol. The monoisotopic (exact) mass is 276 g/mol. The van der Waals surface area contributed by atoms with E-state index in [-0.39, 0.29) is 19.0 Å². The third kappa shape index (κ3) is 2.23. The van der Waals surface area contributed by atoms with Gasteiger partial charge in [-0.1, -0.05) is 17.3 Å². The van der Waals surface area contributed by atoms with Gasteiger partial charge in [0.05, 0.1) is 25.3 Å². The zero-order valence-electron chi connectivity index (χ0n) is 10.5.